The van der Waals surface area contributed by atoms with Gasteiger partial charge in [-0.05, 0) is 67.6 Å². The summed E-state index contributed by atoms with van der Waals surface area (Å²) < 4.78 is 93.8. The zero-order valence-corrected chi connectivity index (χ0v) is 21.9. The van der Waals surface area contributed by atoms with E-state index in [1.54, 1.807) is 6.92 Å². The van der Waals surface area contributed by atoms with E-state index in [0.717, 1.165) is 24.3 Å². The highest BCUT2D eigenvalue weighted by atomic mass is 19.4. The van der Waals surface area contributed by atoms with Crippen LogP contribution in [0.1, 0.15) is 38.8 Å². The second kappa shape index (κ2) is 13.3. The van der Waals surface area contributed by atoms with E-state index in [0.29, 0.717) is 36.6 Å². The Hall–Kier alpha value is -5.08. The molecule has 0 fully saturated rings. The van der Waals surface area contributed by atoms with Gasteiger partial charge in [0.15, 0.2) is 0 Å². The first-order valence-corrected chi connectivity index (χ1v) is 12.1. The van der Waals surface area contributed by atoms with Crippen LogP contribution in [-0.4, -0.2) is 47.7 Å². The lowest BCUT2D eigenvalue weighted by atomic mass is 10.1. The molecule has 0 bridgehead atoms. The van der Waals surface area contributed by atoms with Crippen LogP contribution < -0.4 is 10.1 Å². The molecule has 0 aliphatic carbocycles. The van der Waals surface area contributed by atoms with E-state index in [1.807, 2.05) is 0 Å². The lowest BCUT2D eigenvalue weighted by Gasteiger charge is -2.24. The molecule has 0 spiro atoms. The van der Waals surface area contributed by atoms with Gasteiger partial charge < -0.3 is 24.6 Å². The molecule has 0 radical (unpaired) electrons. The lowest BCUT2D eigenvalue weighted by Crippen LogP contribution is -2.48. The standard InChI is InChI=1S/C28H21F6NO8/c1-2-41-20-11-9-19(10-12-20)35-23(36)21(42-25(39)15-5-3-7-17(13-15)27(29,30)31)22(24(37)38)43-26(40)16-6-4-8-18(14-16)28(32,33)34/h3-14,21-22H,2H2,1H3,(H,35,36)(H,37,38)/t21-,22-/m0/s1. The molecule has 3 aromatic rings. The van der Waals surface area contributed by atoms with E-state index in [1.165, 1.54) is 24.3 Å². The number of alkyl halides is 6. The summed E-state index contributed by atoms with van der Waals surface area (Å²) in [6.07, 6.45) is -14.9. The number of anilines is 1. The van der Waals surface area contributed by atoms with E-state index >= 15 is 0 Å². The van der Waals surface area contributed by atoms with E-state index in [9.17, 15) is 50.6 Å². The third kappa shape index (κ3) is 8.70. The largest absolute Gasteiger partial charge is 0.494 e. The number of nitrogens with one attached hydrogen (secondary N) is 1. The van der Waals surface area contributed by atoms with Gasteiger partial charge in [-0.15, -0.1) is 0 Å². The fourth-order valence-electron chi connectivity index (χ4n) is 3.52. The zero-order valence-electron chi connectivity index (χ0n) is 21.9. The van der Waals surface area contributed by atoms with Gasteiger partial charge in [0.2, 0.25) is 12.2 Å². The number of esters is 2. The van der Waals surface area contributed by atoms with Crippen molar-refractivity contribution in [2.75, 3.05) is 11.9 Å². The highest BCUT2D eigenvalue weighted by Gasteiger charge is 2.42. The fourth-order valence-corrected chi connectivity index (χ4v) is 3.52. The van der Waals surface area contributed by atoms with Gasteiger partial charge in [-0.2, -0.15) is 26.3 Å². The maximum Gasteiger partial charge on any atom is 0.416 e. The Labute approximate surface area is 239 Å². The van der Waals surface area contributed by atoms with Crippen LogP contribution in [0.15, 0.2) is 72.8 Å². The summed E-state index contributed by atoms with van der Waals surface area (Å²) in [4.78, 5) is 50.8. The Morgan fingerprint density at radius 3 is 1.63 bits per heavy atom. The van der Waals surface area contributed by atoms with Gasteiger partial charge in [-0.1, -0.05) is 12.1 Å². The summed E-state index contributed by atoms with van der Waals surface area (Å²) in [6.45, 7) is 2.03. The summed E-state index contributed by atoms with van der Waals surface area (Å²) in [6, 6.07) is 11.0. The number of carbonyl (C=O) groups is 4. The molecule has 0 saturated heterocycles. The van der Waals surface area contributed by atoms with Crippen LogP contribution in [-0.2, 0) is 31.4 Å². The molecule has 0 saturated carbocycles. The van der Waals surface area contributed by atoms with Crippen molar-refractivity contribution >= 4 is 29.5 Å². The Morgan fingerprint density at radius 2 is 1.21 bits per heavy atom. The zero-order chi connectivity index (χ0) is 31.9. The average molecular weight is 613 g/mol. The first kappa shape index (κ1) is 32.4. The summed E-state index contributed by atoms with van der Waals surface area (Å²) in [7, 11) is 0. The lowest BCUT2D eigenvalue weighted by molar-refractivity contribution is -0.157. The molecule has 1 amide bonds. The van der Waals surface area contributed by atoms with Crippen molar-refractivity contribution in [1.29, 1.82) is 0 Å². The molecule has 3 aromatic carbocycles. The number of halogens is 6. The van der Waals surface area contributed by atoms with Crippen LogP contribution >= 0.6 is 0 Å². The Morgan fingerprint density at radius 1 is 0.744 bits per heavy atom. The molecule has 0 aromatic heterocycles. The summed E-state index contributed by atoms with van der Waals surface area (Å²) in [5.74, 6) is -6.30. The molecule has 2 N–H and O–H groups in total. The van der Waals surface area contributed by atoms with Crippen molar-refractivity contribution in [2.45, 2.75) is 31.5 Å². The first-order chi connectivity index (χ1) is 20.1. The predicted molar refractivity (Wildman–Crippen MR) is 135 cm³/mol. The van der Waals surface area contributed by atoms with Gasteiger partial charge in [0.25, 0.3) is 5.91 Å². The van der Waals surface area contributed by atoms with E-state index in [4.69, 9.17) is 14.2 Å². The van der Waals surface area contributed by atoms with Gasteiger partial charge in [-0.3, -0.25) is 4.79 Å². The van der Waals surface area contributed by atoms with E-state index in [-0.39, 0.29) is 5.69 Å². The number of rotatable bonds is 10. The van der Waals surface area contributed by atoms with Crippen LogP contribution in [0.4, 0.5) is 32.0 Å². The monoisotopic (exact) mass is 613 g/mol. The minimum absolute atomic E-state index is 0.0157. The molecule has 3 rings (SSSR count). The van der Waals surface area contributed by atoms with Crippen molar-refractivity contribution in [1.82, 2.24) is 0 Å². The number of carboxylic acid groups (broad SMARTS) is 1. The molecule has 9 nitrogen and oxygen atoms in total. The SMILES string of the molecule is CCOc1ccc(NC(=O)[C@@H](OC(=O)c2cccc(C(F)(F)F)c2)[C@H](OC(=O)c2cccc(C(F)(F)F)c2)C(=O)O)cc1. The van der Waals surface area contributed by atoms with Crippen LogP contribution in [0.25, 0.3) is 0 Å². The molecule has 2 atom stereocenters. The number of hydrogen-bond acceptors (Lipinski definition) is 7. The predicted octanol–water partition coefficient (Wildman–Crippen LogP) is 5.60. The number of aliphatic carboxylic acids is 1. The number of amides is 1. The molecule has 0 unspecified atom stereocenters. The normalized spacial score (nSPS) is 12.9. The number of hydrogen-bond donors (Lipinski definition) is 2. The van der Waals surface area contributed by atoms with Gasteiger partial charge in [-0.25, -0.2) is 14.4 Å². The van der Waals surface area contributed by atoms with Crippen molar-refractivity contribution in [3.63, 3.8) is 0 Å². The van der Waals surface area contributed by atoms with Crippen LogP contribution in [0.3, 0.4) is 0 Å². The molecule has 0 aliphatic rings. The molecule has 43 heavy (non-hydrogen) atoms. The molecule has 15 heteroatoms. The number of benzene rings is 3. The molecular formula is C28H21F6NO8. The summed E-state index contributed by atoms with van der Waals surface area (Å²) in [5.41, 5.74) is -4.00. The average Bonchev–Trinajstić information content (AvgIpc) is 2.95. The minimum Gasteiger partial charge on any atom is -0.494 e. The minimum atomic E-state index is -4.87. The van der Waals surface area contributed by atoms with Crippen LogP contribution in [0, 0.1) is 0 Å². The Bertz CT molecular complexity index is 1490. The maximum atomic E-state index is 13.2. The number of ether oxygens (including phenoxy) is 3. The number of carboxylic acids is 1. The molecule has 0 aliphatic heterocycles. The smallest absolute Gasteiger partial charge is 0.416 e. The quantitative estimate of drug-likeness (QED) is 0.224. The van der Waals surface area contributed by atoms with Gasteiger partial charge in [0.05, 0.1) is 28.9 Å². The summed E-state index contributed by atoms with van der Waals surface area (Å²) >= 11 is 0. The van der Waals surface area contributed by atoms with Crippen molar-refractivity contribution in [2.24, 2.45) is 0 Å². The highest BCUT2D eigenvalue weighted by Crippen LogP contribution is 2.31. The van der Waals surface area contributed by atoms with Gasteiger partial charge in [0.1, 0.15) is 5.75 Å². The fraction of sp³-hybridized carbons (Fsp3) is 0.214. The van der Waals surface area contributed by atoms with Gasteiger partial charge in [0, 0.05) is 5.69 Å². The first-order valence-electron chi connectivity index (χ1n) is 12.1. The summed E-state index contributed by atoms with van der Waals surface area (Å²) in [5, 5.41) is 12.0. The maximum absolute atomic E-state index is 13.2. The topological polar surface area (TPSA) is 128 Å². The highest BCUT2D eigenvalue weighted by molar-refractivity contribution is 6.01. The molecular weight excluding hydrogens is 592 g/mol. The second-order valence-corrected chi connectivity index (χ2v) is 8.59. The Balaban J connectivity index is 1.96. The number of carbonyl (C=O) groups excluding carboxylic acids is 3. The molecule has 0 heterocycles. The Kier molecular flexibility index (Phi) is 10.0. The van der Waals surface area contributed by atoms with Gasteiger partial charge >= 0.3 is 30.3 Å². The van der Waals surface area contributed by atoms with Crippen LogP contribution in [0.2, 0.25) is 0 Å². The van der Waals surface area contributed by atoms with Crippen molar-refractivity contribution in [3.05, 3.63) is 95.1 Å². The van der Waals surface area contributed by atoms with E-state index < -0.39 is 70.6 Å². The molecule has 228 valence electrons. The van der Waals surface area contributed by atoms with Crippen LogP contribution in [0.5, 0.6) is 5.75 Å². The third-order valence-electron chi connectivity index (χ3n) is 5.53. The van der Waals surface area contributed by atoms with Crippen molar-refractivity contribution in [3.8, 4) is 5.75 Å². The van der Waals surface area contributed by atoms with E-state index in [2.05, 4.69) is 5.32 Å². The third-order valence-corrected chi connectivity index (χ3v) is 5.53. The second-order valence-electron chi connectivity index (χ2n) is 8.59. The van der Waals surface area contributed by atoms with Crippen molar-refractivity contribution < 1.29 is 64.8 Å².